The second-order valence-electron chi connectivity index (χ2n) is 3.08. The Bertz CT molecular complexity index is 407. The Morgan fingerprint density at radius 2 is 1.43 bits per heavy atom. The van der Waals surface area contributed by atoms with Crippen molar-refractivity contribution < 1.29 is 0 Å². The molecular formula is C13H10Cl. The van der Waals surface area contributed by atoms with Crippen molar-refractivity contribution in [1.29, 1.82) is 0 Å². The molecule has 0 aliphatic heterocycles. The van der Waals surface area contributed by atoms with Crippen LogP contribution in [0.3, 0.4) is 0 Å². The van der Waals surface area contributed by atoms with Crippen LogP contribution >= 0.6 is 11.6 Å². The van der Waals surface area contributed by atoms with E-state index in [4.69, 9.17) is 11.6 Å². The normalized spacial score (nSPS) is 10.1. The van der Waals surface area contributed by atoms with Crippen LogP contribution in [0.4, 0.5) is 0 Å². The maximum atomic E-state index is 6.04. The predicted octanol–water partition coefficient (Wildman–Crippen LogP) is 3.94. The van der Waals surface area contributed by atoms with Crippen molar-refractivity contribution in [3.8, 4) is 0 Å². The van der Waals surface area contributed by atoms with Gasteiger partial charge in [-0.3, -0.25) is 0 Å². The van der Waals surface area contributed by atoms with Gasteiger partial charge in [-0.25, -0.2) is 0 Å². The van der Waals surface area contributed by atoms with Crippen molar-refractivity contribution in [2.75, 3.05) is 0 Å². The van der Waals surface area contributed by atoms with Crippen LogP contribution in [0.25, 0.3) is 0 Å². The summed E-state index contributed by atoms with van der Waals surface area (Å²) in [5.41, 5.74) is 2.22. The van der Waals surface area contributed by atoms with Crippen LogP contribution < -0.4 is 0 Å². The molecule has 0 nitrogen and oxygen atoms in total. The average Bonchev–Trinajstić information content (AvgIpc) is 2.23. The van der Waals surface area contributed by atoms with Gasteiger partial charge in [0.15, 0.2) is 0 Å². The zero-order valence-corrected chi connectivity index (χ0v) is 8.41. The lowest BCUT2D eigenvalue weighted by atomic mass is 10.1. The van der Waals surface area contributed by atoms with Crippen molar-refractivity contribution >= 4 is 11.6 Å². The molecule has 0 amide bonds. The standard InChI is InChI=1S/C13H10Cl/c14-13-9-5-4-8-12(13)10-11-6-2-1-3-7-11/h1-10H. The molecule has 0 atom stereocenters. The molecule has 2 aromatic rings. The minimum Gasteiger partial charge on any atom is -0.0840 e. The summed E-state index contributed by atoms with van der Waals surface area (Å²) < 4.78 is 0. The van der Waals surface area contributed by atoms with Crippen LogP contribution in [0, 0.1) is 6.42 Å². The van der Waals surface area contributed by atoms with Gasteiger partial charge >= 0.3 is 0 Å². The molecule has 0 heterocycles. The fourth-order valence-electron chi connectivity index (χ4n) is 1.32. The van der Waals surface area contributed by atoms with E-state index in [2.05, 4.69) is 18.6 Å². The van der Waals surface area contributed by atoms with E-state index in [0.29, 0.717) is 0 Å². The first-order valence-corrected chi connectivity index (χ1v) is 4.88. The summed E-state index contributed by atoms with van der Waals surface area (Å²) in [6.07, 6.45) is 2.07. The molecule has 14 heavy (non-hydrogen) atoms. The molecule has 2 aromatic carbocycles. The van der Waals surface area contributed by atoms with Gasteiger partial charge in [0, 0.05) is 11.4 Å². The lowest BCUT2D eigenvalue weighted by molar-refractivity contribution is 1.43. The van der Waals surface area contributed by atoms with E-state index in [1.807, 2.05) is 42.5 Å². The van der Waals surface area contributed by atoms with Gasteiger partial charge in [0.25, 0.3) is 0 Å². The third kappa shape index (κ3) is 2.15. The quantitative estimate of drug-likeness (QED) is 0.691. The number of hydrogen-bond acceptors (Lipinski definition) is 0. The van der Waals surface area contributed by atoms with E-state index in [1.54, 1.807) is 0 Å². The van der Waals surface area contributed by atoms with Crippen molar-refractivity contribution in [1.82, 2.24) is 0 Å². The Morgan fingerprint density at radius 1 is 0.786 bits per heavy atom. The summed E-state index contributed by atoms with van der Waals surface area (Å²) in [7, 11) is 0. The van der Waals surface area contributed by atoms with Gasteiger partial charge in [-0.15, -0.1) is 0 Å². The highest BCUT2D eigenvalue weighted by molar-refractivity contribution is 6.31. The zero-order chi connectivity index (χ0) is 9.80. The summed E-state index contributed by atoms with van der Waals surface area (Å²) in [6.45, 7) is 0. The Labute approximate surface area is 89.2 Å². The molecule has 0 unspecified atom stereocenters. The maximum Gasteiger partial charge on any atom is 0.0444 e. The highest BCUT2D eigenvalue weighted by Gasteiger charge is 1.99. The predicted molar refractivity (Wildman–Crippen MR) is 60.4 cm³/mol. The molecule has 0 aromatic heterocycles. The molecule has 0 spiro atoms. The zero-order valence-electron chi connectivity index (χ0n) is 7.65. The Balaban J connectivity index is 2.24. The highest BCUT2D eigenvalue weighted by atomic mass is 35.5. The van der Waals surface area contributed by atoms with Gasteiger partial charge in [0.05, 0.1) is 0 Å². The summed E-state index contributed by atoms with van der Waals surface area (Å²) in [6, 6.07) is 18.0. The van der Waals surface area contributed by atoms with Gasteiger partial charge in [0.2, 0.25) is 0 Å². The first-order chi connectivity index (χ1) is 6.86. The van der Waals surface area contributed by atoms with E-state index in [9.17, 15) is 0 Å². The van der Waals surface area contributed by atoms with Crippen molar-refractivity contribution in [2.45, 2.75) is 0 Å². The second kappa shape index (κ2) is 4.30. The topological polar surface area (TPSA) is 0 Å². The van der Waals surface area contributed by atoms with Crippen molar-refractivity contribution in [3.63, 3.8) is 0 Å². The Kier molecular flexibility index (Phi) is 2.85. The summed E-state index contributed by atoms with van der Waals surface area (Å²) >= 11 is 6.04. The van der Waals surface area contributed by atoms with E-state index >= 15 is 0 Å². The van der Waals surface area contributed by atoms with E-state index in [0.717, 1.165) is 10.6 Å². The fourth-order valence-corrected chi connectivity index (χ4v) is 1.51. The molecule has 0 saturated heterocycles. The first kappa shape index (κ1) is 9.29. The van der Waals surface area contributed by atoms with Gasteiger partial charge < -0.3 is 0 Å². The Morgan fingerprint density at radius 3 is 2.14 bits per heavy atom. The molecule has 0 N–H and O–H groups in total. The summed E-state index contributed by atoms with van der Waals surface area (Å²) in [5, 5.41) is 0.788. The van der Waals surface area contributed by atoms with Crippen LogP contribution in [0.2, 0.25) is 5.02 Å². The third-order valence-corrected chi connectivity index (χ3v) is 2.37. The van der Waals surface area contributed by atoms with Crippen LogP contribution in [0.1, 0.15) is 11.1 Å². The lowest BCUT2D eigenvalue weighted by Crippen LogP contribution is -1.84. The number of benzene rings is 2. The monoisotopic (exact) mass is 201 g/mol. The largest absolute Gasteiger partial charge is 0.0840 e. The smallest absolute Gasteiger partial charge is 0.0444 e. The van der Waals surface area contributed by atoms with Gasteiger partial charge in [-0.1, -0.05) is 60.1 Å². The van der Waals surface area contributed by atoms with Gasteiger partial charge in [-0.2, -0.15) is 0 Å². The summed E-state index contributed by atoms with van der Waals surface area (Å²) in [4.78, 5) is 0. The first-order valence-electron chi connectivity index (χ1n) is 4.50. The maximum absolute atomic E-state index is 6.04. The minimum absolute atomic E-state index is 0.788. The molecule has 2 rings (SSSR count). The van der Waals surface area contributed by atoms with Crippen LogP contribution in [0.15, 0.2) is 54.6 Å². The van der Waals surface area contributed by atoms with Crippen molar-refractivity contribution in [3.05, 3.63) is 77.2 Å². The Hall–Kier alpha value is -1.27. The van der Waals surface area contributed by atoms with Crippen LogP contribution in [-0.4, -0.2) is 0 Å². The molecule has 69 valence electrons. The molecule has 1 heteroatoms. The fraction of sp³-hybridized carbons (Fsp3) is 0. The van der Waals surface area contributed by atoms with E-state index < -0.39 is 0 Å². The molecular weight excluding hydrogens is 192 g/mol. The van der Waals surface area contributed by atoms with Gasteiger partial charge in [-0.05, 0) is 17.2 Å². The third-order valence-electron chi connectivity index (χ3n) is 2.03. The van der Waals surface area contributed by atoms with E-state index in [1.165, 1.54) is 5.56 Å². The van der Waals surface area contributed by atoms with Crippen LogP contribution in [0.5, 0.6) is 0 Å². The number of rotatable bonds is 2. The summed E-state index contributed by atoms with van der Waals surface area (Å²) in [5.74, 6) is 0. The second-order valence-corrected chi connectivity index (χ2v) is 3.48. The SMILES string of the molecule is Clc1ccccc1[CH]c1ccccc1. The molecule has 0 aliphatic rings. The highest BCUT2D eigenvalue weighted by Crippen LogP contribution is 2.20. The molecule has 0 bridgehead atoms. The average molecular weight is 202 g/mol. The van der Waals surface area contributed by atoms with Gasteiger partial charge in [0.1, 0.15) is 0 Å². The van der Waals surface area contributed by atoms with Crippen molar-refractivity contribution in [2.24, 2.45) is 0 Å². The number of hydrogen-bond donors (Lipinski definition) is 0. The molecule has 1 radical (unpaired) electrons. The molecule has 0 fully saturated rings. The lowest BCUT2D eigenvalue weighted by Gasteiger charge is -2.02. The van der Waals surface area contributed by atoms with E-state index in [-0.39, 0.29) is 0 Å². The number of halogens is 1. The minimum atomic E-state index is 0.788. The molecule has 0 aliphatic carbocycles. The molecule has 0 saturated carbocycles. The van der Waals surface area contributed by atoms with Crippen LogP contribution in [-0.2, 0) is 0 Å².